The number of urea groups is 1. The molecule has 0 bridgehead atoms. The smallest absolute Gasteiger partial charge is 0.317 e. The second-order valence-electron chi connectivity index (χ2n) is 5.86. The van der Waals surface area contributed by atoms with Crippen LogP contribution in [0.2, 0.25) is 0 Å². The molecule has 2 N–H and O–H groups in total. The van der Waals surface area contributed by atoms with Gasteiger partial charge in [0.05, 0.1) is 12.1 Å². The van der Waals surface area contributed by atoms with Gasteiger partial charge < -0.3 is 15.3 Å². The number of amides is 2. The van der Waals surface area contributed by atoms with Gasteiger partial charge in [-0.05, 0) is 45.8 Å². The monoisotopic (exact) mass is 288 g/mol. The first kappa shape index (κ1) is 16.6. The van der Waals surface area contributed by atoms with Crippen molar-refractivity contribution in [3.63, 3.8) is 0 Å². The first-order chi connectivity index (χ1) is 8.85. The van der Waals surface area contributed by atoms with Crippen molar-refractivity contribution < 1.29 is 9.90 Å². The van der Waals surface area contributed by atoms with Crippen molar-refractivity contribution in [3.8, 4) is 0 Å². The molecule has 1 aliphatic carbocycles. The van der Waals surface area contributed by atoms with Gasteiger partial charge in [0, 0.05) is 17.8 Å². The van der Waals surface area contributed by atoms with Crippen molar-refractivity contribution in [2.24, 2.45) is 0 Å². The first-order valence-corrected chi connectivity index (χ1v) is 8.30. The lowest BCUT2D eigenvalue weighted by Gasteiger charge is -2.29. The Kier molecular flexibility index (Phi) is 6.47. The summed E-state index contributed by atoms with van der Waals surface area (Å²) in [4.78, 5) is 13.9. The summed E-state index contributed by atoms with van der Waals surface area (Å²) < 4.78 is 0. The average Bonchev–Trinajstić information content (AvgIpc) is 2.72. The van der Waals surface area contributed by atoms with Crippen LogP contribution < -0.4 is 5.32 Å². The SMILES string of the molecule is CCSC1CCC(NC(=O)N(CC)CC(C)(C)O)C1. The molecular formula is C14H28N2O2S. The van der Waals surface area contributed by atoms with E-state index in [1.165, 1.54) is 6.42 Å². The van der Waals surface area contributed by atoms with Gasteiger partial charge in [0.25, 0.3) is 0 Å². The Morgan fingerprint density at radius 2 is 2.11 bits per heavy atom. The molecule has 0 aromatic carbocycles. The van der Waals surface area contributed by atoms with Gasteiger partial charge in [0.1, 0.15) is 0 Å². The van der Waals surface area contributed by atoms with Crippen LogP contribution >= 0.6 is 11.8 Å². The zero-order chi connectivity index (χ0) is 14.5. The number of likely N-dealkylation sites (N-methyl/N-ethyl adjacent to an activating group) is 1. The number of aliphatic hydroxyl groups is 1. The maximum atomic E-state index is 12.2. The molecule has 2 unspecified atom stereocenters. The number of carbonyl (C=O) groups is 1. The predicted molar refractivity (Wildman–Crippen MR) is 81.6 cm³/mol. The topological polar surface area (TPSA) is 52.6 Å². The fraction of sp³-hybridized carbons (Fsp3) is 0.929. The van der Waals surface area contributed by atoms with Gasteiger partial charge in [0.15, 0.2) is 0 Å². The van der Waals surface area contributed by atoms with Crippen LogP contribution in [0.15, 0.2) is 0 Å². The fourth-order valence-corrected chi connectivity index (χ4v) is 3.66. The van der Waals surface area contributed by atoms with E-state index < -0.39 is 5.60 Å². The highest BCUT2D eigenvalue weighted by Crippen LogP contribution is 2.29. The number of nitrogens with zero attached hydrogens (tertiary/aromatic N) is 1. The zero-order valence-electron chi connectivity index (χ0n) is 12.6. The quantitative estimate of drug-likeness (QED) is 0.789. The third kappa shape index (κ3) is 6.04. The van der Waals surface area contributed by atoms with Crippen LogP contribution in [0.4, 0.5) is 4.79 Å². The van der Waals surface area contributed by atoms with Crippen LogP contribution in [0, 0.1) is 0 Å². The summed E-state index contributed by atoms with van der Waals surface area (Å²) in [6.07, 6.45) is 3.34. The van der Waals surface area contributed by atoms with E-state index >= 15 is 0 Å². The second-order valence-corrected chi connectivity index (χ2v) is 7.44. The number of nitrogens with one attached hydrogen (secondary N) is 1. The first-order valence-electron chi connectivity index (χ1n) is 7.25. The number of hydrogen-bond acceptors (Lipinski definition) is 3. The molecule has 5 heteroatoms. The number of thioether (sulfide) groups is 1. The molecule has 2 amide bonds. The Balaban J connectivity index is 2.41. The minimum absolute atomic E-state index is 0.0447. The Labute approximate surface area is 121 Å². The van der Waals surface area contributed by atoms with Gasteiger partial charge in [-0.25, -0.2) is 4.79 Å². The molecule has 0 aromatic rings. The highest BCUT2D eigenvalue weighted by Gasteiger charge is 2.28. The summed E-state index contributed by atoms with van der Waals surface area (Å²) in [5.74, 6) is 1.14. The molecular weight excluding hydrogens is 260 g/mol. The Morgan fingerprint density at radius 1 is 1.42 bits per heavy atom. The number of hydrogen-bond donors (Lipinski definition) is 2. The van der Waals surface area contributed by atoms with Crippen LogP contribution in [0.5, 0.6) is 0 Å². The molecule has 112 valence electrons. The summed E-state index contributed by atoms with van der Waals surface area (Å²) in [5.41, 5.74) is -0.844. The van der Waals surface area contributed by atoms with Gasteiger partial charge >= 0.3 is 6.03 Å². The van der Waals surface area contributed by atoms with Crippen molar-refractivity contribution in [2.45, 2.75) is 63.9 Å². The van der Waals surface area contributed by atoms with Crippen LogP contribution in [-0.4, -0.2) is 51.8 Å². The minimum atomic E-state index is -0.844. The third-order valence-corrected chi connectivity index (χ3v) is 4.59. The molecule has 0 heterocycles. The molecule has 1 rings (SSSR count). The molecule has 1 saturated carbocycles. The van der Waals surface area contributed by atoms with Crippen LogP contribution in [0.25, 0.3) is 0 Å². The van der Waals surface area contributed by atoms with E-state index in [0.717, 1.165) is 18.6 Å². The minimum Gasteiger partial charge on any atom is -0.389 e. The maximum absolute atomic E-state index is 12.2. The van der Waals surface area contributed by atoms with Crippen LogP contribution in [0.3, 0.4) is 0 Å². The summed E-state index contributed by atoms with van der Waals surface area (Å²) in [6.45, 7) is 8.57. The van der Waals surface area contributed by atoms with Gasteiger partial charge in [-0.3, -0.25) is 0 Å². The Hall–Kier alpha value is -0.420. The number of rotatable bonds is 6. The summed E-state index contributed by atoms with van der Waals surface area (Å²) in [5, 5.41) is 13.6. The fourth-order valence-electron chi connectivity index (χ4n) is 2.52. The van der Waals surface area contributed by atoms with Gasteiger partial charge in [-0.1, -0.05) is 6.92 Å². The molecule has 1 aliphatic rings. The average molecular weight is 288 g/mol. The highest BCUT2D eigenvalue weighted by molar-refractivity contribution is 7.99. The summed E-state index contributed by atoms with van der Waals surface area (Å²) >= 11 is 1.99. The normalized spacial score (nSPS) is 23.4. The summed E-state index contributed by atoms with van der Waals surface area (Å²) in [7, 11) is 0. The lowest BCUT2D eigenvalue weighted by Crippen LogP contribution is -2.49. The third-order valence-electron chi connectivity index (χ3n) is 3.36. The Morgan fingerprint density at radius 3 is 2.63 bits per heavy atom. The van der Waals surface area contributed by atoms with Crippen LogP contribution in [-0.2, 0) is 0 Å². The molecule has 0 aliphatic heterocycles. The maximum Gasteiger partial charge on any atom is 0.317 e. The molecule has 0 saturated heterocycles. The van der Waals surface area contributed by atoms with Gasteiger partial charge in [-0.15, -0.1) is 0 Å². The number of carbonyl (C=O) groups excluding carboxylic acids is 1. The lowest BCUT2D eigenvalue weighted by molar-refractivity contribution is 0.0476. The Bertz CT molecular complexity index is 292. The van der Waals surface area contributed by atoms with E-state index in [4.69, 9.17) is 0 Å². The van der Waals surface area contributed by atoms with Gasteiger partial charge in [0.2, 0.25) is 0 Å². The molecule has 0 radical (unpaired) electrons. The second kappa shape index (κ2) is 7.39. The van der Waals surface area contributed by atoms with Crippen LogP contribution in [0.1, 0.15) is 47.0 Å². The van der Waals surface area contributed by atoms with Crippen molar-refractivity contribution in [1.82, 2.24) is 10.2 Å². The van der Waals surface area contributed by atoms with E-state index in [2.05, 4.69) is 12.2 Å². The summed E-state index contributed by atoms with van der Waals surface area (Å²) in [6, 6.07) is 0.254. The van der Waals surface area contributed by atoms with Gasteiger partial charge in [-0.2, -0.15) is 11.8 Å². The standard InChI is InChI=1S/C14H28N2O2S/c1-5-16(10-14(3,4)18)13(17)15-11-7-8-12(9-11)19-6-2/h11-12,18H,5-10H2,1-4H3,(H,15,17). The largest absolute Gasteiger partial charge is 0.389 e. The molecule has 1 fully saturated rings. The van der Waals surface area contributed by atoms with E-state index in [0.29, 0.717) is 24.4 Å². The van der Waals surface area contributed by atoms with E-state index in [1.807, 2.05) is 18.7 Å². The molecule has 4 nitrogen and oxygen atoms in total. The predicted octanol–water partition coefficient (Wildman–Crippen LogP) is 2.46. The van der Waals surface area contributed by atoms with E-state index in [1.54, 1.807) is 18.7 Å². The van der Waals surface area contributed by atoms with Crippen molar-refractivity contribution in [3.05, 3.63) is 0 Å². The zero-order valence-corrected chi connectivity index (χ0v) is 13.4. The molecule has 2 atom stereocenters. The van der Waals surface area contributed by atoms with Crippen molar-refractivity contribution in [2.75, 3.05) is 18.8 Å². The lowest BCUT2D eigenvalue weighted by atomic mass is 10.1. The van der Waals surface area contributed by atoms with Crippen molar-refractivity contribution >= 4 is 17.8 Å². The van der Waals surface area contributed by atoms with E-state index in [9.17, 15) is 9.90 Å². The molecule has 0 aromatic heterocycles. The highest BCUT2D eigenvalue weighted by atomic mass is 32.2. The van der Waals surface area contributed by atoms with E-state index in [-0.39, 0.29) is 6.03 Å². The van der Waals surface area contributed by atoms with Crippen molar-refractivity contribution in [1.29, 1.82) is 0 Å². The molecule has 19 heavy (non-hydrogen) atoms. The molecule has 0 spiro atoms.